The van der Waals surface area contributed by atoms with Crippen LogP contribution < -0.4 is 15.4 Å². The molecule has 4 aliphatic rings. The highest BCUT2D eigenvalue weighted by Crippen LogP contribution is 2.61. The van der Waals surface area contributed by atoms with Crippen molar-refractivity contribution in [3.63, 3.8) is 0 Å². The fourth-order valence-electron chi connectivity index (χ4n) is 6.06. The lowest BCUT2D eigenvalue weighted by atomic mass is 9.49. The summed E-state index contributed by atoms with van der Waals surface area (Å²) in [6.07, 6.45) is 8.19. The molecule has 4 bridgehead atoms. The number of carbonyl (C=O) groups is 2. The van der Waals surface area contributed by atoms with Crippen molar-refractivity contribution in [2.24, 2.45) is 23.2 Å². The van der Waals surface area contributed by atoms with Gasteiger partial charge < -0.3 is 15.4 Å². The van der Waals surface area contributed by atoms with E-state index in [1.807, 2.05) is 0 Å². The zero-order valence-corrected chi connectivity index (χ0v) is 16.2. The van der Waals surface area contributed by atoms with Gasteiger partial charge in [-0.3, -0.25) is 9.59 Å². The van der Waals surface area contributed by atoms with Crippen molar-refractivity contribution < 1.29 is 18.7 Å². The lowest BCUT2D eigenvalue weighted by molar-refractivity contribution is -0.131. The molecular weight excluding hydrogens is 359 g/mol. The fraction of sp³-hybridized carbons (Fsp3) is 0.636. The van der Waals surface area contributed by atoms with Crippen LogP contribution in [0.2, 0.25) is 0 Å². The van der Waals surface area contributed by atoms with Gasteiger partial charge in [0, 0.05) is 6.42 Å². The minimum Gasteiger partial charge on any atom is -0.489 e. The third-order valence-electron chi connectivity index (χ3n) is 6.67. The van der Waals surface area contributed by atoms with Gasteiger partial charge >= 0.3 is 0 Å². The molecule has 0 spiro atoms. The SMILES string of the molecule is O=C(CNC(=O)CC12CC3CC(CC(C3)C1)C2)NCCOc1ccccc1F. The summed E-state index contributed by atoms with van der Waals surface area (Å²) in [4.78, 5) is 24.4. The minimum atomic E-state index is -0.425. The molecule has 0 saturated heterocycles. The van der Waals surface area contributed by atoms with Crippen molar-refractivity contribution >= 4 is 11.8 Å². The zero-order chi connectivity index (χ0) is 19.6. The highest BCUT2D eigenvalue weighted by molar-refractivity contribution is 5.84. The molecule has 0 aliphatic heterocycles. The van der Waals surface area contributed by atoms with Crippen LogP contribution in [0.5, 0.6) is 5.75 Å². The summed E-state index contributed by atoms with van der Waals surface area (Å²) in [5, 5.41) is 5.46. The average Bonchev–Trinajstić information content (AvgIpc) is 2.63. The van der Waals surface area contributed by atoms with Crippen LogP contribution in [-0.4, -0.2) is 31.5 Å². The van der Waals surface area contributed by atoms with Gasteiger partial charge in [0.1, 0.15) is 6.61 Å². The largest absolute Gasteiger partial charge is 0.489 e. The molecule has 0 unspecified atom stereocenters. The van der Waals surface area contributed by atoms with E-state index in [-0.39, 0.29) is 42.7 Å². The van der Waals surface area contributed by atoms with Gasteiger partial charge in [0.2, 0.25) is 11.8 Å². The second-order valence-electron chi connectivity index (χ2n) is 9.00. The highest BCUT2D eigenvalue weighted by Gasteiger charge is 2.51. The van der Waals surface area contributed by atoms with Gasteiger partial charge in [0.25, 0.3) is 0 Å². The van der Waals surface area contributed by atoms with Crippen LogP contribution in [0.1, 0.15) is 44.9 Å². The maximum Gasteiger partial charge on any atom is 0.239 e. The molecule has 1 aromatic carbocycles. The van der Waals surface area contributed by atoms with Gasteiger partial charge in [0.15, 0.2) is 11.6 Å². The molecule has 5 rings (SSSR count). The van der Waals surface area contributed by atoms with Crippen LogP contribution in [0.15, 0.2) is 24.3 Å². The van der Waals surface area contributed by atoms with Crippen molar-refractivity contribution in [1.82, 2.24) is 10.6 Å². The molecule has 2 N–H and O–H groups in total. The van der Waals surface area contributed by atoms with Crippen molar-refractivity contribution in [3.05, 3.63) is 30.1 Å². The van der Waals surface area contributed by atoms with Crippen molar-refractivity contribution in [1.29, 1.82) is 0 Å². The Morgan fingerprint density at radius 1 is 1.00 bits per heavy atom. The van der Waals surface area contributed by atoms with Gasteiger partial charge in [0.05, 0.1) is 13.1 Å². The number of halogens is 1. The number of carbonyl (C=O) groups excluding carboxylic acids is 2. The fourth-order valence-corrected chi connectivity index (χ4v) is 6.06. The summed E-state index contributed by atoms with van der Waals surface area (Å²) in [6.45, 7) is 0.414. The molecule has 0 atom stereocenters. The van der Waals surface area contributed by atoms with E-state index in [0.29, 0.717) is 6.42 Å². The number of amides is 2. The molecule has 28 heavy (non-hydrogen) atoms. The van der Waals surface area contributed by atoms with E-state index in [1.165, 1.54) is 44.6 Å². The van der Waals surface area contributed by atoms with Gasteiger partial charge in [-0.1, -0.05) is 12.1 Å². The Hall–Kier alpha value is -2.11. The Bertz CT molecular complexity index is 701. The Labute approximate surface area is 165 Å². The predicted molar refractivity (Wildman–Crippen MR) is 103 cm³/mol. The first-order chi connectivity index (χ1) is 13.5. The van der Waals surface area contributed by atoms with Crippen LogP contribution in [0.3, 0.4) is 0 Å². The summed E-state index contributed by atoms with van der Waals surface area (Å²) < 4.78 is 18.7. The summed E-state index contributed by atoms with van der Waals surface area (Å²) in [5.41, 5.74) is 0.183. The minimum absolute atomic E-state index is 0.0142. The molecule has 2 amide bonds. The molecule has 6 heteroatoms. The van der Waals surface area contributed by atoms with Crippen molar-refractivity contribution in [2.45, 2.75) is 44.9 Å². The second-order valence-corrected chi connectivity index (χ2v) is 9.00. The first-order valence-electron chi connectivity index (χ1n) is 10.4. The molecular formula is C22H29FN2O3. The van der Waals surface area contributed by atoms with Gasteiger partial charge in [-0.05, 0) is 73.8 Å². The van der Waals surface area contributed by atoms with Crippen molar-refractivity contribution in [3.8, 4) is 5.75 Å². The third-order valence-corrected chi connectivity index (χ3v) is 6.67. The Kier molecular flexibility index (Phi) is 5.56. The first kappa shape index (κ1) is 19.2. The number of hydrogen-bond donors (Lipinski definition) is 2. The average molecular weight is 388 g/mol. The van der Waals surface area contributed by atoms with E-state index in [2.05, 4.69) is 10.6 Å². The molecule has 4 saturated carbocycles. The van der Waals surface area contributed by atoms with E-state index in [1.54, 1.807) is 18.2 Å². The summed E-state index contributed by atoms with van der Waals surface area (Å²) in [5.74, 6) is 1.92. The second kappa shape index (κ2) is 8.10. The van der Waals surface area contributed by atoms with Crippen LogP contribution in [0, 0.1) is 29.0 Å². The lowest BCUT2D eigenvalue weighted by Crippen LogP contribution is -2.48. The van der Waals surface area contributed by atoms with E-state index >= 15 is 0 Å². The molecule has 1 aromatic rings. The molecule has 4 fully saturated rings. The third kappa shape index (κ3) is 4.47. The molecule has 0 aromatic heterocycles. The van der Waals surface area contributed by atoms with Crippen LogP contribution in [0.4, 0.5) is 4.39 Å². The maximum absolute atomic E-state index is 13.4. The van der Waals surface area contributed by atoms with Gasteiger partial charge in [-0.25, -0.2) is 4.39 Å². The molecule has 5 nitrogen and oxygen atoms in total. The predicted octanol–water partition coefficient (Wildman–Crippen LogP) is 3.04. The monoisotopic (exact) mass is 388 g/mol. The van der Waals surface area contributed by atoms with E-state index in [0.717, 1.165) is 17.8 Å². The summed E-state index contributed by atoms with van der Waals surface area (Å²) in [7, 11) is 0. The first-order valence-corrected chi connectivity index (χ1v) is 10.4. The van der Waals surface area contributed by atoms with E-state index in [9.17, 15) is 14.0 Å². The van der Waals surface area contributed by atoms with Crippen LogP contribution >= 0.6 is 0 Å². The van der Waals surface area contributed by atoms with E-state index < -0.39 is 5.82 Å². The molecule has 152 valence electrons. The van der Waals surface area contributed by atoms with Crippen molar-refractivity contribution in [2.75, 3.05) is 19.7 Å². The van der Waals surface area contributed by atoms with Gasteiger partial charge in [-0.2, -0.15) is 0 Å². The maximum atomic E-state index is 13.4. The number of rotatable bonds is 8. The number of nitrogens with one attached hydrogen (secondary N) is 2. The molecule has 0 heterocycles. The molecule has 0 radical (unpaired) electrons. The summed E-state index contributed by atoms with van der Waals surface area (Å²) >= 11 is 0. The number of ether oxygens (including phenoxy) is 1. The number of para-hydroxylation sites is 1. The van der Waals surface area contributed by atoms with Gasteiger partial charge in [-0.15, -0.1) is 0 Å². The quantitative estimate of drug-likeness (QED) is 0.673. The van der Waals surface area contributed by atoms with E-state index in [4.69, 9.17) is 4.74 Å². The highest BCUT2D eigenvalue weighted by atomic mass is 19.1. The topological polar surface area (TPSA) is 67.4 Å². The Morgan fingerprint density at radius 2 is 1.64 bits per heavy atom. The Morgan fingerprint density at radius 3 is 2.29 bits per heavy atom. The number of hydrogen-bond acceptors (Lipinski definition) is 3. The zero-order valence-electron chi connectivity index (χ0n) is 16.2. The van der Waals surface area contributed by atoms with Crippen LogP contribution in [0.25, 0.3) is 0 Å². The lowest BCUT2D eigenvalue weighted by Gasteiger charge is -2.56. The Balaban J connectivity index is 1.14. The smallest absolute Gasteiger partial charge is 0.239 e. The number of benzene rings is 1. The molecule has 4 aliphatic carbocycles. The normalized spacial score (nSPS) is 30.1. The van der Waals surface area contributed by atoms with Crippen LogP contribution in [-0.2, 0) is 9.59 Å². The standard InChI is InChI=1S/C22H29FN2O3/c23-18-3-1-2-4-19(18)28-6-5-24-21(27)14-25-20(26)13-22-10-15-7-16(11-22)9-17(8-15)12-22/h1-4,15-17H,5-14H2,(H,24,27)(H,25,26). The summed E-state index contributed by atoms with van der Waals surface area (Å²) in [6, 6.07) is 6.15.